The Labute approximate surface area is 407 Å². The Balaban J connectivity index is 1.09. The zero-order chi connectivity index (χ0) is 48.7. The second-order valence-electron chi connectivity index (χ2n) is 16.6. The first-order chi connectivity index (χ1) is 31.9. The lowest BCUT2D eigenvalue weighted by atomic mass is 9.93. The van der Waals surface area contributed by atoms with Crippen molar-refractivity contribution < 1.29 is 71.5 Å². The Hall–Kier alpha value is -4.37. The van der Waals surface area contributed by atoms with E-state index in [1.807, 2.05) is 27.7 Å². The molecule has 0 saturated carbocycles. The zero-order valence-corrected chi connectivity index (χ0v) is 40.9. The maximum Gasteiger partial charge on any atom is 0.330 e. The molecule has 3 unspecified atom stereocenters. The lowest BCUT2D eigenvalue weighted by Crippen LogP contribution is -2.57. The van der Waals surface area contributed by atoms with Crippen LogP contribution in [-0.2, 0) is 71.5 Å². The molecule has 67 heavy (non-hydrogen) atoms. The van der Waals surface area contributed by atoms with Crippen molar-refractivity contribution in [2.75, 3.05) is 6.61 Å². The molecule has 4 saturated heterocycles. The molecule has 2 aromatic carbocycles. The number of amides is 2. The van der Waals surface area contributed by atoms with Crippen LogP contribution in [0.5, 0.6) is 0 Å². The van der Waals surface area contributed by atoms with Crippen LogP contribution in [-0.4, -0.2) is 116 Å². The molecule has 2 aromatic rings. The Morgan fingerprint density at radius 3 is 1.70 bits per heavy atom. The molecule has 0 aliphatic carbocycles. The fourth-order valence-electron chi connectivity index (χ4n) is 7.49. The van der Waals surface area contributed by atoms with Crippen LogP contribution in [0.25, 0.3) is 0 Å². The maximum absolute atomic E-state index is 13.5. The summed E-state index contributed by atoms with van der Waals surface area (Å²) in [5.74, 6) is -6.45. The van der Waals surface area contributed by atoms with Gasteiger partial charge in [-0.05, 0) is 73.8 Å². The van der Waals surface area contributed by atoms with E-state index in [2.05, 4.69) is 6.58 Å². The Morgan fingerprint density at radius 1 is 0.746 bits per heavy atom. The summed E-state index contributed by atoms with van der Waals surface area (Å²) in [7, 11) is 0. The number of carbonyl (C=O) groups is 7. The highest BCUT2D eigenvalue weighted by Crippen LogP contribution is 2.47. The molecule has 0 bridgehead atoms. The summed E-state index contributed by atoms with van der Waals surface area (Å²) in [5, 5.41) is 0.953. The number of hydrogen-bond acceptors (Lipinski definition) is 17. The van der Waals surface area contributed by atoms with E-state index in [1.54, 1.807) is 62.4 Å². The number of ether oxygens (including phenoxy) is 8. The van der Waals surface area contributed by atoms with Crippen molar-refractivity contribution in [3.63, 3.8) is 0 Å². The normalized spacial score (nSPS) is 26.3. The van der Waals surface area contributed by atoms with Crippen molar-refractivity contribution in [2.45, 2.75) is 151 Å². The highest BCUT2D eigenvalue weighted by Gasteiger charge is 2.59. The van der Waals surface area contributed by atoms with Crippen molar-refractivity contribution in [3.8, 4) is 0 Å². The molecular weight excluding hydrogens is 956 g/mol. The van der Waals surface area contributed by atoms with E-state index >= 15 is 0 Å². The summed E-state index contributed by atoms with van der Waals surface area (Å²) in [6.45, 7) is 13.9. The van der Waals surface area contributed by atoms with Crippen molar-refractivity contribution in [1.82, 2.24) is 8.61 Å². The first kappa shape index (κ1) is 52.0. The number of esters is 5. The van der Waals surface area contributed by atoms with E-state index in [0.717, 1.165) is 18.9 Å². The topological polar surface area (TPSA) is 200 Å². The van der Waals surface area contributed by atoms with Gasteiger partial charge in [-0.25, -0.2) is 4.79 Å². The lowest BCUT2D eigenvalue weighted by Gasteiger charge is -2.46. The predicted molar refractivity (Wildman–Crippen MR) is 245 cm³/mol. The van der Waals surface area contributed by atoms with Crippen LogP contribution in [0.1, 0.15) is 103 Å². The van der Waals surface area contributed by atoms with Crippen molar-refractivity contribution in [3.05, 3.63) is 82.4 Å². The number of rotatable bonds is 22. The van der Waals surface area contributed by atoms with Crippen LogP contribution >= 0.6 is 47.1 Å². The summed E-state index contributed by atoms with van der Waals surface area (Å²) in [5.41, 5.74) is 1.19. The molecule has 4 heterocycles. The molecule has 2 amide bonds. The number of halogens is 2. The molecule has 0 N–H and O–H groups in total. The highest BCUT2D eigenvalue weighted by molar-refractivity contribution is 7.98. The third-order valence-electron chi connectivity index (χ3n) is 11.3. The molecule has 0 radical (unpaired) electrons. The largest absolute Gasteiger partial charge is 0.462 e. The first-order valence-corrected chi connectivity index (χ1v) is 24.4. The Bertz CT molecular complexity index is 2200. The smallest absolute Gasteiger partial charge is 0.330 e. The van der Waals surface area contributed by atoms with Crippen molar-refractivity contribution in [1.29, 1.82) is 0 Å². The van der Waals surface area contributed by atoms with Gasteiger partial charge >= 0.3 is 29.8 Å². The van der Waals surface area contributed by atoms with E-state index in [-0.39, 0.29) is 10.5 Å². The number of benzene rings is 2. The van der Waals surface area contributed by atoms with Gasteiger partial charge in [-0.2, -0.15) is 0 Å². The molecule has 11 atom stereocenters. The first-order valence-electron chi connectivity index (χ1n) is 21.9. The maximum atomic E-state index is 13.5. The monoisotopic (exact) mass is 1010 g/mol. The second-order valence-corrected chi connectivity index (χ2v) is 20.2. The number of β-lactam (4-membered cyclic amide) rings is 2. The standard InChI is InChI=1S/C46H54Cl2N2O15S2/c1-8-24(4)66-49-36(26-15-11-13-17-28(26)47)39(43(49)56)61-34(54)20-19-32(52)58-23-30(38-41(60-31(51)10-3)42-45(63-38)65-46(6,7)64-42)59-33(53)21-22-35(55)62-40-37(27-16-12-14-18-29(27)48)50(44(40)57)67-25(5)9-2/h10-18,24-25,30,36-42,45H,3,8-9,19-23H2,1-2,4-7H3/t24?,25?,30?,36-,37-,38+,39+,40+,41-,42+,45+/m0/s1. The summed E-state index contributed by atoms with van der Waals surface area (Å²) in [6.07, 6.45) is -8.09. The molecule has 4 aliphatic heterocycles. The van der Waals surface area contributed by atoms with Crippen molar-refractivity contribution in [2.24, 2.45) is 0 Å². The van der Waals surface area contributed by atoms with E-state index in [0.29, 0.717) is 21.2 Å². The quantitative estimate of drug-likeness (QED) is 0.0378. The number of fused-ring (bicyclic) bond motifs is 1. The van der Waals surface area contributed by atoms with E-state index in [4.69, 9.17) is 61.1 Å². The van der Waals surface area contributed by atoms with Gasteiger partial charge in [0.2, 0.25) is 12.2 Å². The van der Waals surface area contributed by atoms with Gasteiger partial charge in [0.1, 0.15) is 24.8 Å². The van der Waals surface area contributed by atoms with Gasteiger partial charge in [0.25, 0.3) is 11.8 Å². The molecule has 17 nitrogen and oxygen atoms in total. The molecule has 0 aromatic heterocycles. The van der Waals surface area contributed by atoms with Crippen LogP contribution < -0.4 is 0 Å². The number of nitrogens with zero attached hydrogens (tertiary/aromatic N) is 2. The number of hydrogen-bond donors (Lipinski definition) is 0. The molecule has 4 aliphatic rings. The second kappa shape index (κ2) is 22.8. The van der Waals surface area contributed by atoms with E-state index < -0.39 is 135 Å². The third kappa shape index (κ3) is 12.5. The highest BCUT2D eigenvalue weighted by atomic mass is 35.5. The van der Waals surface area contributed by atoms with Crippen LogP contribution in [0, 0.1) is 0 Å². The SMILES string of the molecule is C=CC(=O)O[C@@H]1[C@H]2OC(C)(C)O[C@H]2O[C@@H]1C(COC(=O)CCC(=O)O[C@H]1C(=O)N(SC(C)CC)[C@H]1c1ccccc1Cl)OC(=O)CCC(=O)O[C@H]1C(=O)N(SC(C)CC)[C@H]1c1ccccc1Cl. The fraction of sp³-hybridized carbons (Fsp3) is 0.543. The van der Waals surface area contributed by atoms with Gasteiger partial charge in [-0.15, -0.1) is 0 Å². The molecule has 364 valence electrons. The van der Waals surface area contributed by atoms with Gasteiger partial charge in [0.15, 0.2) is 30.4 Å². The Morgan fingerprint density at radius 2 is 1.22 bits per heavy atom. The predicted octanol–water partition coefficient (Wildman–Crippen LogP) is 7.17. The zero-order valence-electron chi connectivity index (χ0n) is 37.8. The molecule has 21 heteroatoms. The third-order valence-corrected chi connectivity index (χ3v) is 14.6. The van der Waals surface area contributed by atoms with Gasteiger partial charge in [-0.1, -0.05) is 93.9 Å². The average molecular weight is 1010 g/mol. The van der Waals surface area contributed by atoms with Gasteiger partial charge < -0.3 is 37.9 Å². The summed E-state index contributed by atoms with van der Waals surface area (Å²) < 4.78 is 49.0. The lowest BCUT2D eigenvalue weighted by molar-refractivity contribution is -0.234. The van der Waals surface area contributed by atoms with E-state index in [9.17, 15) is 33.6 Å². The summed E-state index contributed by atoms with van der Waals surface area (Å²) in [4.78, 5) is 92.0. The minimum absolute atomic E-state index is 0.0834. The van der Waals surface area contributed by atoms with Gasteiger partial charge in [0.05, 0.1) is 25.7 Å². The van der Waals surface area contributed by atoms with Crippen LogP contribution in [0.3, 0.4) is 0 Å². The van der Waals surface area contributed by atoms with Crippen LogP contribution in [0.2, 0.25) is 10.0 Å². The van der Waals surface area contributed by atoms with Crippen molar-refractivity contribution >= 4 is 88.8 Å². The molecule has 6 rings (SSSR count). The van der Waals surface area contributed by atoms with Gasteiger partial charge in [-0.3, -0.25) is 37.4 Å². The Kier molecular flexibility index (Phi) is 17.7. The molecular formula is C46H54Cl2N2O15S2. The number of carbonyl (C=O) groups excluding carboxylic acids is 7. The average Bonchev–Trinajstić information content (AvgIpc) is 3.79. The summed E-state index contributed by atoms with van der Waals surface area (Å²) in [6, 6.07) is 12.5. The fourth-order valence-corrected chi connectivity index (χ4v) is 10.2. The van der Waals surface area contributed by atoms with E-state index in [1.165, 1.54) is 32.5 Å². The summed E-state index contributed by atoms with van der Waals surface area (Å²) >= 11 is 15.6. The molecule has 4 fully saturated rings. The minimum atomic E-state index is -1.48. The minimum Gasteiger partial charge on any atom is -0.462 e. The van der Waals surface area contributed by atoms with Gasteiger partial charge in [0, 0.05) is 26.6 Å². The molecule has 0 spiro atoms. The van der Waals surface area contributed by atoms with Crippen LogP contribution in [0.15, 0.2) is 61.2 Å². The van der Waals surface area contributed by atoms with Crippen LogP contribution in [0.4, 0.5) is 0 Å².